The number of ketones is 1. The first-order chi connectivity index (χ1) is 13.1. The van der Waals surface area contributed by atoms with Crippen molar-refractivity contribution in [2.75, 3.05) is 11.4 Å². The van der Waals surface area contributed by atoms with Crippen LogP contribution in [0, 0.1) is 0 Å². The van der Waals surface area contributed by atoms with Gasteiger partial charge in [0.15, 0.2) is 11.4 Å². The molecule has 1 N–H and O–H groups in total. The van der Waals surface area contributed by atoms with E-state index in [4.69, 9.17) is 0 Å². The van der Waals surface area contributed by atoms with E-state index in [0.717, 1.165) is 5.56 Å². The summed E-state index contributed by atoms with van der Waals surface area (Å²) in [6, 6.07) is 20.6. The molecule has 4 rings (SSSR count). The molecule has 0 bridgehead atoms. The van der Waals surface area contributed by atoms with Crippen molar-refractivity contribution in [3.63, 3.8) is 0 Å². The van der Waals surface area contributed by atoms with Crippen LogP contribution in [0.5, 0.6) is 0 Å². The van der Waals surface area contributed by atoms with Crippen LogP contribution in [0.25, 0.3) is 0 Å². The Balaban J connectivity index is 1.62. The van der Waals surface area contributed by atoms with Gasteiger partial charge in [0.05, 0.1) is 17.0 Å². The molecule has 1 aliphatic rings. The highest BCUT2D eigenvalue weighted by Gasteiger charge is 2.50. The van der Waals surface area contributed by atoms with Crippen LogP contribution < -0.4 is 4.90 Å². The van der Waals surface area contributed by atoms with Gasteiger partial charge in [0.25, 0.3) is 5.91 Å². The number of anilines is 1. The molecule has 1 aliphatic heterocycles. The van der Waals surface area contributed by atoms with Crippen molar-refractivity contribution in [3.05, 3.63) is 88.1 Å². The number of para-hydroxylation sites is 1. The summed E-state index contributed by atoms with van der Waals surface area (Å²) >= 11 is 1.32. The highest BCUT2D eigenvalue weighted by atomic mass is 32.1. The van der Waals surface area contributed by atoms with Gasteiger partial charge in [-0.05, 0) is 29.5 Å². The van der Waals surface area contributed by atoms with Crippen LogP contribution >= 0.6 is 11.3 Å². The van der Waals surface area contributed by atoms with Gasteiger partial charge >= 0.3 is 0 Å². The largest absolute Gasteiger partial charge is 0.375 e. The zero-order chi connectivity index (χ0) is 18.9. The Kier molecular flexibility index (Phi) is 4.64. The molecule has 1 amide bonds. The highest BCUT2D eigenvalue weighted by Crippen LogP contribution is 2.43. The van der Waals surface area contributed by atoms with Crippen molar-refractivity contribution in [1.82, 2.24) is 0 Å². The average Bonchev–Trinajstić information content (AvgIpc) is 3.29. The van der Waals surface area contributed by atoms with Crippen molar-refractivity contribution in [3.8, 4) is 0 Å². The van der Waals surface area contributed by atoms with E-state index in [1.165, 1.54) is 11.3 Å². The topological polar surface area (TPSA) is 57.6 Å². The molecular weight excluding hydrogens is 358 g/mol. The Bertz CT molecular complexity index is 968. The van der Waals surface area contributed by atoms with E-state index in [9.17, 15) is 14.7 Å². The van der Waals surface area contributed by atoms with Crippen LogP contribution in [0.3, 0.4) is 0 Å². The second-order valence-electron chi connectivity index (χ2n) is 6.65. The predicted molar refractivity (Wildman–Crippen MR) is 106 cm³/mol. The monoisotopic (exact) mass is 377 g/mol. The molecule has 2 heterocycles. The average molecular weight is 377 g/mol. The lowest BCUT2D eigenvalue weighted by Gasteiger charge is -2.22. The number of carbonyl (C=O) groups is 2. The van der Waals surface area contributed by atoms with Crippen molar-refractivity contribution in [2.24, 2.45) is 0 Å². The maximum absolute atomic E-state index is 13.1. The number of hydrogen-bond acceptors (Lipinski definition) is 4. The molecule has 2 aromatic carbocycles. The van der Waals surface area contributed by atoms with Crippen LogP contribution in [0.1, 0.15) is 27.2 Å². The SMILES string of the molecule is O=C(C[C@@]1(O)C(=O)N(CCc2ccccc2)c2ccccc21)c1cccs1. The van der Waals surface area contributed by atoms with E-state index in [1.54, 1.807) is 29.2 Å². The summed E-state index contributed by atoms with van der Waals surface area (Å²) in [7, 11) is 0. The van der Waals surface area contributed by atoms with E-state index >= 15 is 0 Å². The van der Waals surface area contributed by atoms with Gasteiger partial charge in [0.2, 0.25) is 0 Å². The van der Waals surface area contributed by atoms with E-state index in [2.05, 4.69) is 0 Å². The third-order valence-corrected chi connectivity index (χ3v) is 5.83. The van der Waals surface area contributed by atoms with Gasteiger partial charge in [-0.15, -0.1) is 11.3 Å². The highest BCUT2D eigenvalue weighted by molar-refractivity contribution is 7.12. The molecule has 5 heteroatoms. The predicted octanol–water partition coefficient (Wildman–Crippen LogP) is 3.80. The van der Waals surface area contributed by atoms with Crippen molar-refractivity contribution >= 4 is 28.7 Å². The summed E-state index contributed by atoms with van der Waals surface area (Å²) in [5, 5.41) is 13.1. The lowest BCUT2D eigenvalue weighted by atomic mass is 9.89. The molecule has 0 unspecified atom stereocenters. The minimum absolute atomic E-state index is 0.222. The zero-order valence-electron chi connectivity index (χ0n) is 14.7. The van der Waals surface area contributed by atoms with Gasteiger partial charge in [0.1, 0.15) is 0 Å². The molecule has 0 saturated carbocycles. The van der Waals surface area contributed by atoms with Gasteiger partial charge in [-0.3, -0.25) is 9.59 Å². The summed E-state index contributed by atoms with van der Waals surface area (Å²) in [6.45, 7) is 0.454. The van der Waals surface area contributed by atoms with E-state index < -0.39 is 11.5 Å². The fourth-order valence-corrected chi connectivity index (χ4v) is 4.21. The van der Waals surface area contributed by atoms with Crippen LogP contribution in [0.4, 0.5) is 5.69 Å². The molecule has 4 nitrogen and oxygen atoms in total. The Labute approximate surface area is 161 Å². The number of aliphatic hydroxyl groups is 1. The van der Waals surface area contributed by atoms with Crippen LogP contribution in [-0.4, -0.2) is 23.3 Å². The number of Topliss-reactive ketones (excluding diaryl/α,β-unsaturated/α-hetero) is 1. The minimum Gasteiger partial charge on any atom is -0.375 e. The fourth-order valence-electron chi connectivity index (χ4n) is 3.54. The smallest absolute Gasteiger partial charge is 0.264 e. The molecule has 3 aromatic rings. The second-order valence-corrected chi connectivity index (χ2v) is 7.59. The fraction of sp³-hybridized carbons (Fsp3) is 0.182. The Morgan fingerprint density at radius 3 is 2.48 bits per heavy atom. The Morgan fingerprint density at radius 2 is 1.74 bits per heavy atom. The molecule has 0 fully saturated rings. The number of rotatable bonds is 6. The van der Waals surface area contributed by atoms with E-state index in [1.807, 2.05) is 47.8 Å². The zero-order valence-corrected chi connectivity index (χ0v) is 15.5. The number of amides is 1. The summed E-state index contributed by atoms with van der Waals surface area (Å²) in [5.41, 5.74) is 0.495. The van der Waals surface area contributed by atoms with Gasteiger partial charge in [-0.25, -0.2) is 0 Å². The first-order valence-corrected chi connectivity index (χ1v) is 9.72. The summed E-state index contributed by atoms with van der Waals surface area (Å²) in [6.07, 6.45) is 0.432. The number of benzene rings is 2. The Morgan fingerprint density at radius 1 is 1.00 bits per heavy atom. The standard InChI is InChI=1S/C22H19NO3S/c24-19(20-11-6-14-27-20)15-22(26)17-9-4-5-10-18(17)23(21(22)25)13-12-16-7-2-1-3-8-16/h1-11,14,26H,12-13,15H2/t22-/m0/s1. The molecule has 1 atom stereocenters. The van der Waals surface area contributed by atoms with Gasteiger partial charge in [-0.2, -0.15) is 0 Å². The van der Waals surface area contributed by atoms with Gasteiger partial charge in [-0.1, -0.05) is 54.6 Å². The lowest BCUT2D eigenvalue weighted by Crippen LogP contribution is -2.42. The summed E-state index contributed by atoms with van der Waals surface area (Å²) in [4.78, 5) is 27.9. The maximum atomic E-state index is 13.1. The molecule has 136 valence electrons. The van der Waals surface area contributed by atoms with Gasteiger partial charge in [0, 0.05) is 12.1 Å². The second kappa shape index (κ2) is 7.10. The van der Waals surface area contributed by atoms with Crippen molar-refractivity contribution in [2.45, 2.75) is 18.4 Å². The van der Waals surface area contributed by atoms with Crippen LogP contribution in [0.15, 0.2) is 72.1 Å². The van der Waals surface area contributed by atoms with Crippen LogP contribution in [-0.2, 0) is 16.8 Å². The minimum atomic E-state index is -1.81. The number of fused-ring (bicyclic) bond motifs is 1. The Hall–Kier alpha value is -2.76. The molecule has 0 radical (unpaired) electrons. The van der Waals surface area contributed by atoms with E-state index in [0.29, 0.717) is 29.1 Å². The number of nitrogens with zero attached hydrogens (tertiary/aromatic N) is 1. The van der Waals surface area contributed by atoms with Crippen molar-refractivity contribution < 1.29 is 14.7 Å². The van der Waals surface area contributed by atoms with Crippen molar-refractivity contribution in [1.29, 1.82) is 0 Å². The van der Waals surface area contributed by atoms with Gasteiger partial charge < -0.3 is 10.0 Å². The number of thiophene rings is 1. The summed E-state index contributed by atoms with van der Waals surface area (Å²) in [5.74, 6) is -0.648. The normalized spacial score (nSPS) is 18.6. The number of hydrogen-bond donors (Lipinski definition) is 1. The molecule has 0 aliphatic carbocycles. The maximum Gasteiger partial charge on any atom is 0.264 e. The molecule has 0 saturated heterocycles. The first kappa shape index (κ1) is 17.6. The first-order valence-electron chi connectivity index (χ1n) is 8.84. The lowest BCUT2D eigenvalue weighted by molar-refractivity contribution is -0.135. The number of carbonyl (C=O) groups excluding carboxylic acids is 2. The molecule has 1 aromatic heterocycles. The van der Waals surface area contributed by atoms with Crippen LogP contribution in [0.2, 0.25) is 0 Å². The third-order valence-electron chi connectivity index (χ3n) is 4.92. The summed E-state index contributed by atoms with van der Waals surface area (Å²) < 4.78 is 0. The molecule has 27 heavy (non-hydrogen) atoms. The molecular formula is C22H19NO3S. The molecule has 0 spiro atoms. The third kappa shape index (κ3) is 3.20. The van der Waals surface area contributed by atoms with E-state index in [-0.39, 0.29) is 12.2 Å². The quantitative estimate of drug-likeness (QED) is 0.665.